The van der Waals surface area contributed by atoms with Crippen LogP contribution in [-0.4, -0.2) is 46.4 Å². The van der Waals surface area contributed by atoms with Gasteiger partial charge in [0.15, 0.2) is 0 Å². The van der Waals surface area contributed by atoms with E-state index in [4.69, 9.17) is 0 Å². The molecule has 0 radical (unpaired) electrons. The van der Waals surface area contributed by atoms with E-state index in [1.54, 1.807) is 0 Å². The van der Waals surface area contributed by atoms with Crippen LogP contribution in [0, 0.1) is 6.92 Å². The lowest BCUT2D eigenvalue weighted by Gasteiger charge is -2.27. The van der Waals surface area contributed by atoms with E-state index < -0.39 is 0 Å². The van der Waals surface area contributed by atoms with E-state index in [2.05, 4.69) is 10.3 Å². The Balaban J connectivity index is 2.06. The second-order valence-corrected chi connectivity index (χ2v) is 5.24. The fraction of sp³-hybridized carbons (Fsp3) is 0.467. The van der Waals surface area contributed by atoms with Crippen LogP contribution in [0.2, 0.25) is 0 Å². The Morgan fingerprint density at radius 2 is 2.15 bits per heavy atom. The molecule has 0 saturated carbocycles. The van der Waals surface area contributed by atoms with Gasteiger partial charge in [0.05, 0.1) is 5.69 Å². The molecule has 20 heavy (non-hydrogen) atoms. The number of fused-ring (bicyclic) bond motifs is 1. The number of aryl methyl sites for hydroxylation is 2. The summed E-state index contributed by atoms with van der Waals surface area (Å²) in [6, 6.07) is 4.04. The van der Waals surface area contributed by atoms with Crippen molar-refractivity contribution in [3.05, 3.63) is 35.3 Å². The molecule has 1 aliphatic rings. The lowest BCUT2D eigenvalue weighted by Crippen LogP contribution is -2.46. The average molecular weight is 272 g/mol. The van der Waals surface area contributed by atoms with Gasteiger partial charge in [0.1, 0.15) is 11.3 Å². The molecule has 5 nitrogen and oxygen atoms in total. The van der Waals surface area contributed by atoms with Gasteiger partial charge >= 0.3 is 0 Å². The third kappa shape index (κ3) is 2.18. The van der Waals surface area contributed by atoms with Crippen LogP contribution in [0.15, 0.2) is 18.3 Å². The van der Waals surface area contributed by atoms with E-state index in [-0.39, 0.29) is 5.91 Å². The molecule has 0 aromatic carbocycles. The van der Waals surface area contributed by atoms with Crippen molar-refractivity contribution in [3.63, 3.8) is 0 Å². The molecular weight excluding hydrogens is 252 g/mol. The van der Waals surface area contributed by atoms with Gasteiger partial charge in [-0.1, -0.05) is 6.92 Å². The van der Waals surface area contributed by atoms with E-state index in [1.807, 2.05) is 41.5 Å². The lowest BCUT2D eigenvalue weighted by atomic mass is 10.2. The molecule has 2 aromatic rings. The van der Waals surface area contributed by atoms with Crippen molar-refractivity contribution in [1.82, 2.24) is 19.6 Å². The minimum atomic E-state index is 0.0969. The van der Waals surface area contributed by atoms with E-state index in [9.17, 15) is 4.79 Å². The smallest absolute Gasteiger partial charge is 0.272 e. The number of carbonyl (C=O) groups is 1. The Kier molecular flexibility index (Phi) is 3.44. The van der Waals surface area contributed by atoms with Gasteiger partial charge in [-0.2, -0.15) is 0 Å². The van der Waals surface area contributed by atoms with Gasteiger partial charge in [0.25, 0.3) is 5.91 Å². The summed E-state index contributed by atoms with van der Waals surface area (Å²) in [6.45, 7) is 7.34. The van der Waals surface area contributed by atoms with Crippen LogP contribution < -0.4 is 5.32 Å². The van der Waals surface area contributed by atoms with E-state index in [1.165, 1.54) is 0 Å². The van der Waals surface area contributed by atoms with Gasteiger partial charge in [-0.15, -0.1) is 0 Å². The number of hydrogen-bond acceptors (Lipinski definition) is 3. The fourth-order valence-electron chi connectivity index (χ4n) is 2.69. The molecule has 0 unspecified atom stereocenters. The largest absolute Gasteiger partial charge is 0.335 e. The maximum Gasteiger partial charge on any atom is 0.272 e. The van der Waals surface area contributed by atoms with Crippen molar-refractivity contribution in [1.29, 1.82) is 0 Å². The quantitative estimate of drug-likeness (QED) is 0.895. The maximum atomic E-state index is 12.8. The summed E-state index contributed by atoms with van der Waals surface area (Å²) in [5, 5.41) is 3.27. The van der Waals surface area contributed by atoms with Crippen LogP contribution in [-0.2, 0) is 6.42 Å². The SMILES string of the molecule is CCc1nc2cc(C)ccn2c1C(=O)N1CCNCC1. The van der Waals surface area contributed by atoms with Gasteiger partial charge in [-0.05, 0) is 31.0 Å². The first-order valence-corrected chi connectivity index (χ1v) is 7.18. The summed E-state index contributed by atoms with van der Waals surface area (Å²) >= 11 is 0. The Morgan fingerprint density at radius 3 is 2.85 bits per heavy atom. The monoisotopic (exact) mass is 272 g/mol. The molecule has 106 valence electrons. The van der Waals surface area contributed by atoms with Gasteiger partial charge in [0, 0.05) is 32.4 Å². The first kappa shape index (κ1) is 13.1. The summed E-state index contributed by atoms with van der Waals surface area (Å²) in [6.07, 6.45) is 2.72. The van der Waals surface area contributed by atoms with Crippen molar-refractivity contribution >= 4 is 11.6 Å². The predicted molar refractivity (Wildman–Crippen MR) is 78.1 cm³/mol. The fourth-order valence-corrected chi connectivity index (χ4v) is 2.69. The van der Waals surface area contributed by atoms with Crippen LogP contribution in [0.4, 0.5) is 0 Å². The van der Waals surface area contributed by atoms with Crippen molar-refractivity contribution in [2.24, 2.45) is 0 Å². The van der Waals surface area contributed by atoms with Crippen LogP contribution in [0.25, 0.3) is 5.65 Å². The molecule has 1 aliphatic heterocycles. The number of pyridine rings is 1. The molecule has 2 aromatic heterocycles. The number of nitrogens with one attached hydrogen (secondary N) is 1. The molecule has 1 amide bonds. The van der Waals surface area contributed by atoms with Crippen molar-refractivity contribution in [2.45, 2.75) is 20.3 Å². The second kappa shape index (κ2) is 5.25. The second-order valence-electron chi connectivity index (χ2n) is 5.24. The lowest BCUT2D eigenvalue weighted by molar-refractivity contribution is 0.0727. The van der Waals surface area contributed by atoms with Gasteiger partial charge in [-0.3, -0.25) is 9.20 Å². The minimum Gasteiger partial charge on any atom is -0.335 e. The van der Waals surface area contributed by atoms with Crippen molar-refractivity contribution in [2.75, 3.05) is 26.2 Å². The maximum absolute atomic E-state index is 12.8. The molecule has 0 aliphatic carbocycles. The number of imidazole rings is 1. The van der Waals surface area contributed by atoms with E-state index in [0.717, 1.165) is 55.2 Å². The molecule has 5 heteroatoms. The summed E-state index contributed by atoms with van der Waals surface area (Å²) in [7, 11) is 0. The van der Waals surface area contributed by atoms with Gasteiger partial charge in [0.2, 0.25) is 0 Å². The average Bonchev–Trinajstić information content (AvgIpc) is 2.84. The standard InChI is InChI=1S/C15H20N4O/c1-3-12-14(15(20)18-8-5-16-6-9-18)19-7-4-11(2)10-13(19)17-12/h4,7,10,16H,3,5-6,8-9H2,1-2H3. The normalized spacial score (nSPS) is 15.8. The van der Waals surface area contributed by atoms with Crippen LogP contribution in [0.5, 0.6) is 0 Å². The number of nitrogens with zero attached hydrogens (tertiary/aromatic N) is 3. The zero-order valence-electron chi connectivity index (χ0n) is 12.0. The number of piperazine rings is 1. The Bertz CT molecular complexity index is 641. The summed E-state index contributed by atoms with van der Waals surface area (Å²) < 4.78 is 1.93. The molecule has 3 rings (SSSR count). The number of aromatic nitrogens is 2. The molecule has 3 heterocycles. The first-order valence-electron chi connectivity index (χ1n) is 7.18. The highest BCUT2D eigenvalue weighted by atomic mass is 16.2. The highest BCUT2D eigenvalue weighted by Crippen LogP contribution is 2.17. The highest BCUT2D eigenvalue weighted by Gasteiger charge is 2.24. The van der Waals surface area contributed by atoms with Crippen LogP contribution in [0.1, 0.15) is 28.7 Å². The Labute approximate surface area is 118 Å². The topological polar surface area (TPSA) is 49.6 Å². The zero-order chi connectivity index (χ0) is 14.1. The third-order valence-electron chi connectivity index (χ3n) is 3.80. The molecule has 1 fully saturated rings. The Morgan fingerprint density at radius 1 is 1.40 bits per heavy atom. The zero-order valence-corrected chi connectivity index (χ0v) is 12.0. The van der Waals surface area contributed by atoms with Crippen LogP contribution in [0.3, 0.4) is 0 Å². The molecule has 0 spiro atoms. The predicted octanol–water partition coefficient (Wildman–Crippen LogP) is 1.25. The van der Waals surface area contributed by atoms with Gasteiger partial charge < -0.3 is 10.2 Å². The highest BCUT2D eigenvalue weighted by molar-refractivity contribution is 5.95. The molecule has 1 N–H and O–H groups in total. The number of carbonyl (C=O) groups excluding carboxylic acids is 1. The first-order chi connectivity index (χ1) is 9.70. The van der Waals surface area contributed by atoms with Gasteiger partial charge in [-0.25, -0.2) is 4.98 Å². The molecule has 0 bridgehead atoms. The van der Waals surface area contributed by atoms with Crippen molar-refractivity contribution < 1.29 is 4.79 Å². The number of rotatable bonds is 2. The molecular formula is C15H20N4O. The van der Waals surface area contributed by atoms with E-state index >= 15 is 0 Å². The van der Waals surface area contributed by atoms with E-state index in [0.29, 0.717) is 0 Å². The summed E-state index contributed by atoms with van der Waals surface area (Å²) in [4.78, 5) is 19.3. The van der Waals surface area contributed by atoms with Crippen molar-refractivity contribution in [3.8, 4) is 0 Å². The third-order valence-corrected chi connectivity index (χ3v) is 3.80. The summed E-state index contributed by atoms with van der Waals surface area (Å²) in [5.41, 5.74) is 3.63. The molecule has 1 saturated heterocycles. The number of amides is 1. The van der Waals surface area contributed by atoms with Crippen LogP contribution >= 0.6 is 0 Å². The number of hydrogen-bond donors (Lipinski definition) is 1. The molecule has 0 atom stereocenters. The minimum absolute atomic E-state index is 0.0969. The Hall–Kier alpha value is -1.88. The summed E-state index contributed by atoms with van der Waals surface area (Å²) in [5.74, 6) is 0.0969.